The average molecular weight is 475 g/mol. The van der Waals surface area contributed by atoms with Crippen LogP contribution in [0.5, 0.6) is 0 Å². The highest BCUT2D eigenvalue weighted by Crippen LogP contribution is 2.22. The third-order valence-electron chi connectivity index (χ3n) is 4.24. The molecule has 1 N–H and O–H groups in total. The predicted octanol–water partition coefficient (Wildman–Crippen LogP) is 5.60. The second kappa shape index (κ2) is 15.3. The van der Waals surface area contributed by atoms with Crippen molar-refractivity contribution in [1.82, 2.24) is 9.19 Å². The van der Waals surface area contributed by atoms with Crippen molar-refractivity contribution in [3.05, 3.63) is 36.0 Å². The van der Waals surface area contributed by atoms with Gasteiger partial charge in [-0.15, -0.1) is 20.7 Å². The standard InChI is InChI=1S/C14H23NS.C6H8FN3O2S2/c1-3-4-5-6-7-12-16-14-10-8-13(15-2)9-11-14;1-9(14(2)12)6-5(4-11)3-10(8-6)13-7/h8-11,15H,3-7,12H2,1-2H3;3-4H,1-2H3. The molecule has 0 amide bonds. The first-order valence-corrected chi connectivity index (χ1v) is 13.0. The molecule has 2 aromatic rings. The molecule has 0 spiro atoms. The number of anilines is 2. The number of rotatable bonds is 12. The molecule has 2 rings (SSSR count). The van der Waals surface area contributed by atoms with E-state index in [4.69, 9.17) is 0 Å². The number of halogens is 1. The van der Waals surface area contributed by atoms with Crippen LogP contribution in [0.25, 0.3) is 0 Å². The Kier molecular flexibility index (Phi) is 13.5. The molecule has 0 bridgehead atoms. The first kappa shape index (κ1) is 26.5. The molecule has 168 valence electrons. The van der Waals surface area contributed by atoms with Gasteiger partial charge in [-0.25, -0.2) is 4.21 Å². The van der Waals surface area contributed by atoms with E-state index in [2.05, 4.69) is 41.6 Å². The van der Waals surface area contributed by atoms with Crippen LogP contribution in [0.3, 0.4) is 0 Å². The largest absolute Gasteiger partial charge is 0.388 e. The lowest BCUT2D eigenvalue weighted by molar-refractivity contribution is 0.112. The monoisotopic (exact) mass is 474 g/mol. The van der Waals surface area contributed by atoms with Crippen molar-refractivity contribution in [2.24, 2.45) is 0 Å². The van der Waals surface area contributed by atoms with Gasteiger partial charge in [0.05, 0.1) is 11.8 Å². The number of hydrogen-bond acceptors (Lipinski definition) is 6. The molecule has 1 aromatic heterocycles. The summed E-state index contributed by atoms with van der Waals surface area (Å²) in [7, 11) is 2.17. The predicted molar refractivity (Wildman–Crippen MR) is 130 cm³/mol. The van der Waals surface area contributed by atoms with Gasteiger partial charge in [-0.1, -0.05) is 32.6 Å². The topological polar surface area (TPSA) is 67.2 Å². The number of aldehydes is 1. The van der Waals surface area contributed by atoms with E-state index in [1.165, 1.54) is 72.2 Å². The van der Waals surface area contributed by atoms with Crippen LogP contribution in [0.15, 0.2) is 35.4 Å². The van der Waals surface area contributed by atoms with Crippen molar-refractivity contribution in [2.75, 3.05) is 35.7 Å². The quantitative estimate of drug-likeness (QED) is 0.245. The highest BCUT2D eigenvalue weighted by atomic mass is 32.2. The molecular formula is C20H31FN4O2S3. The van der Waals surface area contributed by atoms with Crippen molar-refractivity contribution < 1.29 is 12.9 Å². The lowest BCUT2D eigenvalue weighted by atomic mass is 10.2. The third-order valence-corrected chi connectivity index (χ3v) is 6.61. The molecule has 0 aliphatic carbocycles. The van der Waals surface area contributed by atoms with Crippen LogP contribution in [0.2, 0.25) is 0 Å². The van der Waals surface area contributed by atoms with E-state index in [0.717, 1.165) is 4.09 Å². The second-order valence-electron chi connectivity index (χ2n) is 6.46. The molecule has 1 atom stereocenters. The molecular weight excluding hydrogens is 443 g/mol. The van der Waals surface area contributed by atoms with E-state index >= 15 is 0 Å². The lowest BCUT2D eigenvalue weighted by Crippen LogP contribution is -2.20. The fraction of sp³-hybridized carbons (Fsp3) is 0.500. The summed E-state index contributed by atoms with van der Waals surface area (Å²) in [5.41, 5.74) is 1.39. The zero-order valence-electron chi connectivity index (χ0n) is 18.0. The Morgan fingerprint density at radius 3 is 2.43 bits per heavy atom. The third kappa shape index (κ3) is 9.53. The number of unbranched alkanes of at least 4 members (excludes halogenated alkanes) is 4. The molecule has 1 aromatic carbocycles. The number of nitrogens with one attached hydrogen (secondary N) is 1. The maximum Gasteiger partial charge on any atom is 0.187 e. The van der Waals surface area contributed by atoms with Gasteiger partial charge in [0.1, 0.15) is 11.0 Å². The van der Waals surface area contributed by atoms with Crippen LogP contribution in [0, 0.1) is 0 Å². The summed E-state index contributed by atoms with van der Waals surface area (Å²) in [5, 5.41) is 6.86. The molecule has 6 nitrogen and oxygen atoms in total. The van der Waals surface area contributed by atoms with Gasteiger partial charge in [-0.2, -0.15) is 4.09 Å². The van der Waals surface area contributed by atoms with Crippen molar-refractivity contribution in [2.45, 2.75) is 43.9 Å². The Morgan fingerprint density at radius 1 is 1.23 bits per heavy atom. The SMILES string of the molecule is CCCCCCCSc1ccc(NC)cc1.CN(c1nn(SF)cc1C=O)S(C)=O. The first-order chi connectivity index (χ1) is 14.5. The van der Waals surface area contributed by atoms with Crippen molar-refractivity contribution in [3.63, 3.8) is 0 Å². The van der Waals surface area contributed by atoms with E-state index in [-0.39, 0.29) is 23.7 Å². The number of carbonyl (C=O) groups excluding carboxylic acids is 1. The van der Waals surface area contributed by atoms with Crippen molar-refractivity contribution in [3.8, 4) is 0 Å². The normalized spacial score (nSPS) is 11.4. The summed E-state index contributed by atoms with van der Waals surface area (Å²) in [6, 6.07) is 8.67. The van der Waals surface area contributed by atoms with Gasteiger partial charge in [-0.05, 0) is 36.4 Å². The molecule has 1 unspecified atom stereocenters. The average Bonchev–Trinajstić information content (AvgIpc) is 3.20. The Morgan fingerprint density at radius 2 is 1.90 bits per heavy atom. The van der Waals surface area contributed by atoms with Crippen LogP contribution in [0.4, 0.5) is 15.4 Å². The molecule has 0 aliphatic heterocycles. The maximum atomic E-state index is 12.1. The van der Waals surface area contributed by atoms with Crippen LogP contribution in [-0.2, 0) is 11.0 Å². The zero-order valence-corrected chi connectivity index (χ0v) is 20.4. The van der Waals surface area contributed by atoms with Crippen LogP contribution in [0.1, 0.15) is 49.4 Å². The van der Waals surface area contributed by atoms with E-state index in [1.807, 2.05) is 18.8 Å². The van der Waals surface area contributed by atoms with Gasteiger partial charge >= 0.3 is 0 Å². The van der Waals surface area contributed by atoms with Gasteiger partial charge in [0.15, 0.2) is 24.4 Å². The summed E-state index contributed by atoms with van der Waals surface area (Å²) in [6.07, 6.45) is 10.1. The number of thioether (sulfide) groups is 1. The zero-order chi connectivity index (χ0) is 22.4. The van der Waals surface area contributed by atoms with E-state index in [9.17, 15) is 12.9 Å². The molecule has 0 fully saturated rings. The minimum atomic E-state index is -1.29. The lowest BCUT2D eigenvalue weighted by Gasteiger charge is -2.11. The second-order valence-corrected chi connectivity index (χ2v) is 9.53. The summed E-state index contributed by atoms with van der Waals surface area (Å²) in [4.78, 5) is 12.0. The number of hydrogen-bond donors (Lipinski definition) is 1. The van der Waals surface area contributed by atoms with E-state index in [0.29, 0.717) is 6.29 Å². The summed E-state index contributed by atoms with van der Waals surface area (Å²) in [6.45, 7) is 2.26. The highest BCUT2D eigenvalue weighted by Gasteiger charge is 2.15. The molecule has 0 radical (unpaired) electrons. The Balaban J connectivity index is 0.000000303. The summed E-state index contributed by atoms with van der Waals surface area (Å²) < 4.78 is 25.4. The summed E-state index contributed by atoms with van der Waals surface area (Å²) >= 11 is 1.84. The molecule has 10 heteroatoms. The van der Waals surface area contributed by atoms with E-state index < -0.39 is 11.0 Å². The van der Waals surface area contributed by atoms with Gasteiger partial charge in [0, 0.05) is 30.9 Å². The Labute approximate surface area is 190 Å². The minimum Gasteiger partial charge on any atom is -0.388 e. The Bertz CT molecular complexity index is 772. The molecule has 30 heavy (non-hydrogen) atoms. The first-order valence-electron chi connectivity index (χ1n) is 9.78. The fourth-order valence-corrected chi connectivity index (χ4v) is 4.01. The highest BCUT2D eigenvalue weighted by molar-refractivity contribution is 7.99. The van der Waals surface area contributed by atoms with Crippen molar-refractivity contribution >= 4 is 52.9 Å². The van der Waals surface area contributed by atoms with Gasteiger partial charge in [0.25, 0.3) is 0 Å². The van der Waals surface area contributed by atoms with Crippen LogP contribution in [-0.4, -0.2) is 45.8 Å². The van der Waals surface area contributed by atoms with Crippen LogP contribution < -0.4 is 9.62 Å². The number of aromatic nitrogens is 2. The number of carbonyl (C=O) groups is 1. The fourth-order valence-electron chi connectivity index (χ4n) is 2.46. The summed E-state index contributed by atoms with van der Waals surface area (Å²) in [5.74, 6) is 1.45. The van der Waals surface area contributed by atoms with Crippen LogP contribution >= 0.6 is 24.1 Å². The van der Waals surface area contributed by atoms with Gasteiger partial charge in [-0.3, -0.25) is 9.10 Å². The molecule has 0 aliphatic rings. The maximum absolute atomic E-state index is 12.1. The van der Waals surface area contributed by atoms with Gasteiger partial charge in [0.2, 0.25) is 0 Å². The molecule has 0 saturated heterocycles. The van der Waals surface area contributed by atoms with Crippen molar-refractivity contribution in [1.29, 1.82) is 0 Å². The van der Waals surface area contributed by atoms with Gasteiger partial charge < -0.3 is 5.32 Å². The van der Waals surface area contributed by atoms with E-state index in [1.54, 1.807) is 0 Å². The minimum absolute atomic E-state index is 0.131. The molecule has 0 saturated carbocycles. The Hall–Kier alpha value is -1.52. The molecule has 1 heterocycles. The number of nitrogens with zero attached hydrogens (tertiary/aromatic N) is 3. The smallest absolute Gasteiger partial charge is 0.187 e. The number of benzene rings is 1.